The van der Waals surface area contributed by atoms with Gasteiger partial charge in [-0.2, -0.15) is 9.97 Å². The molecule has 1 aliphatic rings. The number of rotatable bonds is 9. The van der Waals surface area contributed by atoms with Gasteiger partial charge in [0.25, 0.3) is 0 Å². The monoisotopic (exact) mass is 458 g/mol. The SMILES string of the molecule is COc1nc(OC)nc(N2CCC(NC(=O)[C@H](Cc3ccccc3OC)NC(C)=O)CC2)n1. The minimum Gasteiger partial charge on any atom is -0.496 e. The lowest BCUT2D eigenvalue weighted by atomic mass is 10.0. The molecular weight excluding hydrogens is 428 g/mol. The third-order valence-corrected chi connectivity index (χ3v) is 5.38. The smallest absolute Gasteiger partial charge is 0.324 e. The molecule has 0 aliphatic carbocycles. The number of amides is 2. The highest BCUT2D eigenvalue weighted by molar-refractivity contribution is 5.87. The molecule has 1 fully saturated rings. The second kappa shape index (κ2) is 11.3. The molecule has 2 aromatic rings. The van der Waals surface area contributed by atoms with Crippen molar-refractivity contribution < 1.29 is 23.8 Å². The maximum absolute atomic E-state index is 13.0. The summed E-state index contributed by atoms with van der Waals surface area (Å²) in [4.78, 5) is 39.3. The van der Waals surface area contributed by atoms with E-state index in [1.54, 1.807) is 7.11 Å². The molecule has 2 amide bonds. The predicted molar refractivity (Wildman–Crippen MR) is 121 cm³/mol. The molecule has 0 spiro atoms. The van der Waals surface area contributed by atoms with Crippen molar-refractivity contribution in [1.29, 1.82) is 0 Å². The van der Waals surface area contributed by atoms with Crippen LogP contribution in [0, 0.1) is 0 Å². The molecule has 0 unspecified atom stereocenters. The van der Waals surface area contributed by atoms with Crippen LogP contribution in [0.5, 0.6) is 17.8 Å². The summed E-state index contributed by atoms with van der Waals surface area (Å²) >= 11 is 0. The summed E-state index contributed by atoms with van der Waals surface area (Å²) in [5.41, 5.74) is 0.849. The second-order valence-corrected chi connectivity index (χ2v) is 7.65. The molecule has 3 rings (SSSR count). The molecule has 2 N–H and O–H groups in total. The summed E-state index contributed by atoms with van der Waals surface area (Å²) in [5, 5.41) is 5.83. The Hall–Kier alpha value is -3.63. The van der Waals surface area contributed by atoms with Crippen LogP contribution in [0.25, 0.3) is 0 Å². The van der Waals surface area contributed by atoms with E-state index in [0.29, 0.717) is 44.0 Å². The molecule has 1 saturated heterocycles. The Morgan fingerprint density at radius 3 is 2.24 bits per heavy atom. The zero-order valence-electron chi connectivity index (χ0n) is 19.3. The number of nitrogens with zero attached hydrogens (tertiary/aromatic N) is 4. The molecule has 0 radical (unpaired) electrons. The Morgan fingerprint density at radius 2 is 1.67 bits per heavy atom. The van der Waals surface area contributed by atoms with Crippen LogP contribution in [0.2, 0.25) is 0 Å². The van der Waals surface area contributed by atoms with E-state index >= 15 is 0 Å². The highest BCUT2D eigenvalue weighted by Gasteiger charge is 2.27. The van der Waals surface area contributed by atoms with E-state index in [2.05, 4.69) is 25.6 Å². The van der Waals surface area contributed by atoms with Gasteiger partial charge in [-0.25, -0.2) is 0 Å². The first kappa shape index (κ1) is 24.0. The van der Waals surface area contributed by atoms with E-state index in [9.17, 15) is 9.59 Å². The minimum absolute atomic E-state index is 0.0340. The number of carbonyl (C=O) groups excluding carboxylic acids is 2. The molecule has 1 aliphatic heterocycles. The van der Waals surface area contributed by atoms with E-state index in [-0.39, 0.29) is 29.9 Å². The average molecular weight is 459 g/mol. The lowest BCUT2D eigenvalue weighted by Gasteiger charge is -2.33. The van der Waals surface area contributed by atoms with Crippen LogP contribution >= 0.6 is 0 Å². The molecule has 178 valence electrons. The molecule has 1 aromatic heterocycles. The number of hydrogen-bond donors (Lipinski definition) is 2. The van der Waals surface area contributed by atoms with Gasteiger partial charge in [0.05, 0.1) is 21.3 Å². The Balaban J connectivity index is 1.62. The normalized spacial score (nSPS) is 14.8. The van der Waals surface area contributed by atoms with E-state index in [1.807, 2.05) is 29.2 Å². The van der Waals surface area contributed by atoms with Gasteiger partial charge >= 0.3 is 12.0 Å². The first-order valence-electron chi connectivity index (χ1n) is 10.7. The number of carbonyl (C=O) groups is 2. The molecular formula is C22H30N6O5. The van der Waals surface area contributed by atoms with Gasteiger partial charge in [-0.3, -0.25) is 9.59 Å². The van der Waals surface area contributed by atoms with Crippen molar-refractivity contribution in [3.63, 3.8) is 0 Å². The van der Waals surface area contributed by atoms with Crippen LogP contribution in [-0.2, 0) is 16.0 Å². The number of methoxy groups -OCH3 is 3. The molecule has 0 bridgehead atoms. The van der Waals surface area contributed by atoms with Gasteiger partial charge in [0.1, 0.15) is 11.8 Å². The summed E-state index contributed by atoms with van der Waals surface area (Å²) in [6, 6.07) is 7.09. The fourth-order valence-corrected chi connectivity index (χ4v) is 3.72. The molecule has 1 atom stereocenters. The topological polar surface area (TPSA) is 128 Å². The lowest BCUT2D eigenvalue weighted by molar-refractivity contribution is -0.128. The molecule has 2 heterocycles. The van der Waals surface area contributed by atoms with Gasteiger partial charge in [-0.15, -0.1) is 4.98 Å². The fourth-order valence-electron chi connectivity index (χ4n) is 3.72. The first-order valence-corrected chi connectivity index (χ1v) is 10.7. The number of anilines is 1. The summed E-state index contributed by atoms with van der Waals surface area (Å²) in [7, 11) is 4.55. The van der Waals surface area contributed by atoms with E-state index in [0.717, 1.165) is 5.56 Å². The number of para-hydroxylation sites is 1. The Morgan fingerprint density at radius 1 is 1.03 bits per heavy atom. The molecule has 1 aromatic carbocycles. The van der Waals surface area contributed by atoms with E-state index in [4.69, 9.17) is 14.2 Å². The van der Waals surface area contributed by atoms with Crippen molar-refractivity contribution in [1.82, 2.24) is 25.6 Å². The van der Waals surface area contributed by atoms with Crippen molar-refractivity contribution in [2.45, 2.75) is 38.3 Å². The number of piperidine rings is 1. The molecule has 0 saturated carbocycles. The number of nitrogens with one attached hydrogen (secondary N) is 2. The number of ether oxygens (including phenoxy) is 3. The van der Waals surface area contributed by atoms with Crippen molar-refractivity contribution in [2.24, 2.45) is 0 Å². The standard InChI is InChI=1S/C22H30N6O5/c1-14(29)23-17(13-15-7-5-6-8-18(15)31-2)19(30)24-16-9-11-28(12-10-16)20-25-21(32-3)27-22(26-20)33-4/h5-8,16-17H,9-13H2,1-4H3,(H,23,29)(H,24,30)/t17-/m0/s1. The maximum Gasteiger partial charge on any atom is 0.324 e. The largest absolute Gasteiger partial charge is 0.496 e. The summed E-state index contributed by atoms with van der Waals surface area (Å²) < 4.78 is 15.6. The predicted octanol–water partition coefficient (Wildman–Crippen LogP) is 0.730. The van der Waals surface area contributed by atoms with Gasteiger partial charge < -0.3 is 29.7 Å². The average Bonchev–Trinajstić information content (AvgIpc) is 2.83. The minimum atomic E-state index is -0.700. The van der Waals surface area contributed by atoms with E-state index in [1.165, 1.54) is 21.1 Å². The third kappa shape index (κ3) is 6.43. The van der Waals surface area contributed by atoms with Crippen molar-refractivity contribution in [3.05, 3.63) is 29.8 Å². The molecule has 11 heteroatoms. The number of hydrogen-bond acceptors (Lipinski definition) is 9. The summed E-state index contributed by atoms with van der Waals surface area (Å²) in [5.74, 6) is 0.656. The van der Waals surface area contributed by atoms with Crippen LogP contribution in [-0.4, -0.2) is 73.3 Å². The fraction of sp³-hybridized carbons (Fsp3) is 0.500. The van der Waals surface area contributed by atoms with Crippen molar-refractivity contribution in [3.8, 4) is 17.8 Å². The lowest BCUT2D eigenvalue weighted by Crippen LogP contribution is -2.52. The molecule has 11 nitrogen and oxygen atoms in total. The number of aromatic nitrogens is 3. The zero-order valence-corrected chi connectivity index (χ0v) is 19.3. The maximum atomic E-state index is 13.0. The van der Waals surface area contributed by atoms with Crippen LogP contribution in [0.1, 0.15) is 25.3 Å². The second-order valence-electron chi connectivity index (χ2n) is 7.65. The highest BCUT2D eigenvalue weighted by atomic mass is 16.5. The van der Waals surface area contributed by atoms with Crippen molar-refractivity contribution in [2.75, 3.05) is 39.3 Å². The van der Waals surface area contributed by atoms with Crippen LogP contribution in [0.4, 0.5) is 5.95 Å². The molecule has 33 heavy (non-hydrogen) atoms. The van der Waals surface area contributed by atoms with Gasteiger partial charge in [0.2, 0.25) is 17.8 Å². The van der Waals surface area contributed by atoms with Gasteiger partial charge in [-0.05, 0) is 24.5 Å². The Labute approximate surface area is 192 Å². The first-order chi connectivity index (χ1) is 15.9. The van der Waals surface area contributed by atoms with Gasteiger partial charge in [0.15, 0.2) is 0 Å². The van der Waals surface area contributed by atoms with Gasteiger partial charge in [-0.1, -0.05) is 18.2 Å². The van der Waals surface area contributed by atoms with Crippen LogP contribution in [0.15, 0.2) is 24.3 Å². The quantitative estimate of drug-likeness (QED) is 0.559. The van der Waals surface area contributed by atoms with E-state index < -0.39 is 6.04 Å². The van der Waals surface area contributed by atoms with Gasteiger partial charge in [0, 0.05) is 32.5 Å². The Bertz CT molecular complexity index is 942. The third-order valence-electron chi connectivity index (χ3n) is 5.38. The van der Waals surface area contributed by atoms with Crippen molar-refractivity contribution >= 4 is 17.8 Å². The zero-order chi connectivity index (χ0) is 23.8. The number of benzene rings is 1. The summed E-state index contributed by atoms with van der Waals surface area (Å²) in [6.45, 7) is 2.68. The van der Waals surface area contributed by atoms with Crippen LogP contribution < -0.4 is 29.7 Å². The summed E-state index contributed by atoms with van der Waals surface area (Å²) in [6.07, 6.45) is 1.73. The van der Waals surface area contributed by atoms with Crippen LogP contribution in [0.3, 0.4) is 0 Å². The highest BCUT2D eigenvalue weighted by Crippen LogP contribution is 2.21. The Kier molecular flexibility index (Phi) is 8.22.